The summed E-state index contributed by atoms with van der Waals surface area (Å²) in [6.07, 6.45) is 0. The van der Waals surface area contributed by atoms with Gasteiger partial charge in [-0.1, -0.05) is 47.8 Å². The lowest BCUT2D eigenvalue weighted by Gasteiger charge is -2.20. The standard InChI is InChI=1S/C2Br5O/c3-1(4,5)2(6,7)8. The molecule has 6 heteroatoms. The maximum atomic E-state index is 10.8. The van der Waals surface area contributed by atoms with Gasteiger partial charge in [0.15, 0.2) is 2.14 Å². The van der Waals surface area contributed by atoms with E-state index in [1.54, 1.807) is 0 Å². The third-order valence-corrected chi connectivity index (χ3v) is 6.39. The molecule has 1 nitrogen and oxygen atoms in total. The second kappa shape index (κ2) is 3.17. The summed E-state index contributed by atoms with van der Waals surface area (Å²) >= 11 is 14.7. The lowest BCUT2D eigenvalue weighted by molar-refractivity contribution is 0.159. The first-order valence-corrected chi connectivity index (χ1v) is 5.36. The summed E-state index contributed by atoms with van der Waals surface area (Å²) in [4.78, 5) is 0. The van der Waals surface area contributed by atoms with Crippen molar-refractivity contribution in [3.63, 3.8) is 0 Å². The normalized spacial score (nSPS) is 14.2. The Morgan fingerprint density at radius 1 is 0.875 bits per heavy atom. The summed E-state index contributed by atoms with van der Waals surface area (Å²) in [5.74, 6) is 0. The van der Waals surface area contributed by atoms with Crippen molar-refractivity contribution < 1.29 is 5.11 Å². The zero-order valence-corrected chi connectivity index (χ0v) is 11.2. The zero-order chi connectivity index (χ0) is 7.00. The maximum Gasteiger partial charge on any atom is 0.246 e. The third-order valence-electron chi connectivity index (χ3n) is 0.330. The molecule has 0 aromatic heterocycles. The van der Waals surface area contributed by atoms with E-state index in [0.717, 1.165) is 0 Å². The zero-order valence-electron chi connectivity index (χ0n) is 3.30. The van der Waals surface area contributed by atoms with Crippen LogP contribution in [0.2, 0.25) is 0 Å². The number of halogens is 5. The highest BCUT2D eigenvalue weighted by molar-refractivity contribution is 9.41. The largest absolute Gasteiger partial charge is 0.246 e. The molecule has 0 saturated heterocycles. The van der Waals surface area contributed by atoms with Crippen molar-refractivity contribution in [3.05, 3.63) is 0 Å². The number of rotatable bonds is 0. The lowest BCUT2D eigenvalue weighted by Crippen LogP contribution is -2.25. The second-order valence-corrected chi connectivity index (χ2v) is 11.1. The summed E-state index contributed by atoms with van der Waals surface area (Å²) < 4.78 is -2.28. The molecule has 0 aliphatic rings. The average Bonchev–Trinajstić information content (AvgIpc) is 1.25. The monoisotopic (exact) mass is 435 g/mol. The maximum absolute atomic E-state index is 10.8. The third kappa shape index (κ3) is 3.51. The van der Waals surface area contributed by atoms with E-state index in [-0.39, 0.29) is 0 Å². The Bertz CT molecular complexity index is 65.4. The molecule has 49 valence electrons. The molecular formula is C2Br5O. The minimum absolute atomic E-state index is 0.847. The summed E-state index contributed by atoms with van der Waals surface area (Å²) in [6, 6.07) is 0. The van der Waals surface area contributed by atoms with Gasteiger partial charge in [-0.15, -0.1) is 0 Å². The van der Waals surface area contributed by atoms with Crippen LogP contribution in [0.3, 0.4) is 0 Å². The fourth-order valence-corrected chi connectivity index (χ4v) is 0. The average molecular weight is 440 g/mol. The Morgan fingerprint density at radius 3 is 1.00 bits per heavy atom. The van der Waals surface area contributed by atoms with Crippen molar-refractivity contribution in [1.29, 1.82) is 0 Å². The highest BCUT2D eigenvalue weighted by Gasteiger charge is 2.42. The minimum atomic E-state index is -1.44. The van der Waals surface area contributed by atoms with Crippen LogP contribution in [-0.2, 0) is 5.11 Å². The first-order valence-electron chi connectivity index (χ1n) is 1.40. The molecule has 0 atom stereocenters. The van der Waals surface area contributed by atoms with E-state index in [1.165, 1.54) is 0 Å². The van der Waals surface area contributed by atoms with Crippen LogP contribution in [0, 0.1) is 0 Å². The molecule has 0 bridgehead atoms. The summed E-state index contributed by atoms with van der Waals surface area (Å²) in [6.45, 7) is 0. The van der Waals surface area contributed by atoms with Gasteiger partial charge in [-0.05, 0) is 31.9 Å². The first kappa shape index (κ1) is 10.4. The van der Waals surface area contributed by atoms with Gasteiger partial charge in [0.1, 0.15) is 0 Å². The fourth-order valence-electron chi connectivity index (χ4n) is 0. The van der Waals surface area contributed by atoms with Crippen molar-refractivity contribution in [1.82, 2.24) is 0 Å². The van der Waals surface area contributed by atoms with Crippen molar-refractivity contribution in [3.8, 4) is 0 Å². The molecule has 0 fully saturated rings. The van der Waals surface area contributed by atoms with Gasteiger partial charge in [0, 0.05) is 0 Å². The molecule has 0 spiro atoms. The van der Waals surface area contributed by atoms with Crippen LogP contribution in [0.25, 0.3) is 0 Å². The van der Waals surface area contributed by atoms with E-state index < -0.39 is 5.56 Å². The minimum Gasteiger partial charge on any atom is -0.201 e. The van der Waals surface area contributed by atoms with E-state index >= 15 is 0 Å². The highest BCUT2D eigenvalue weighted by atomic mass is 80.0. The van der Waals surface area contributed by atoms with Crippen molar-refractivity contribution >= 4 is 79.6 Å². The predicted octanol–water partition coefficient (Wildman–Crippen LogP) is 3.70. The van der Waals surface area contributed by atoms with Crippen molar-refractivity contribution in [2.75, 3.05) is 0 Å². The van der Waals surface area contributed by atoms with Gasteiger partial charge >= 0.3 is 0 Å². The molecule has 0 rings (SSSR count). The quantitative estimate of drug-likeness (QED) is 0.513. The molecule has 0 unspecified atom stereocenters. The predicted molar refractivity (Wildman–Crippen MR) is 50.8 cm³/mol. The van der Waals surface area contributed by atoms with Gasteiger partial charge < -0.3 is 0 Å². The molecule has 0 aromatic carbocycles. The second-order valence-electron chi connectivity index (χ2n) is 1.01. The molecule has 0 N–H and O–H groups in total. The molecule has 0 aromatic rings. The molecule has 0 heterocycles. The number of alkyl halides is 5. The van der Waals surface area contributed by atoms with Gasteiger partial charge in [0.05, 0.1) is 0 Å². The van der Waals surface area contributed by atoms with Crippen molar-refractivity contribution in [2.45, 2.75) is 5.56 Å². The summed E-state index contributed by atoms with van der Waals surface area (Å²) in [5, 5.41) is 10.8. The van der Waals surface area contributed by atoms with E-state index in [4.69, 9.17) is 0 Å². The van der Waals surface area contributed by atoms with Crippen LogP contribution in [0.15, 0.2) is 0 Å². The summed E-state index contributed by atoms with van der Waals surface area (Å²) in [7, 11) is 0. The van der Waals surface area contributed by atoms with Crippen LogP contribution in [-0.4, -0.2) is 5.56 Å². The Hall–Kier alpha value is 2.36. The van der Waals surface area contributed by atoms with Crippen LogP contribution in [0.4, 0.5) is 0 Å². The van der Waals surface area contributed by atoms with E-state index in [0.29, 0.717) is 0 Å². The lowest BCUT2D eigenvalue weighted by atomic mass is 10.9. The van der Waals surface area contributed by atoms with E-state index in [2.05, 4.69) is 79.6 Å². The highest BCUT2D eigenvalue weighted by Crippen LogP contribution is 2.51. The number of hydrogen-bond acceptors (Lipinski definition) is 0. The SMILES string of the molecule is [O]C(Br)(Br)C(Br)(Br)Br. The van der Waals surface area contributed by atoms with Crippen LogP contribution >= 0.6 is 79.6 Å². The fraction of sp³-hybridized carbons (Fsp3) is 1.00. The molecular weight excluding hydrogens is 440 g/mol. The van der Waals surface area contributed by atoms with Gasteiger partial charge in [0.2, 0.25) is 3.42 Å². The van der Waals surface area contributed by atoms with E-state index in [9.17, 15) is 5.11 Å². The first-order chi connectivity index (χ1) is 3.25. The summed E-state index contributed by atoms with van der Waals surface area (Å²) in [5.41, 5.74) is 0. The van der Waals surface area contributed by atoms with Gasteiger partial charge in [-0.2, -0.15) is 0 Å². The van der Waals surface area contributed by atoms with Gasteiger partial charge in [-0.3, -0.25) is 0 Å². The Labute approximate surface area is 89.2 Å². The molecule has 0 amide bonds. The Morgan fingerprint density at radius 2 is 1.00 bits per heavy atom. The topological polar surface area (TPSA) is 19.9 Å². The van der Waals surface area contributed by atoms with E-state index in [1.807, 2.05) is 0 Å². The Balaban J connectivity index is 4.02. The molecule has 0 aliphatic heterocycles. The van der Waals surface area contributed by atoms with Crippen LogP contribution < -0.4 is 0 Å². The Kier molecular flexibility index (Phi) is 4.11. The molecule has 8 heavy (non-hydrogen) atoms. The molecule has 0 aliphatic carbocycles. The van der Waals surface area contributed by atoms with Gasteiger partial charge in [-0.25, -0.2) is 5.11 Å². The van der Waals surface area contributed by atoms with Crippen LogP contribution in [0.5, 0.6) is 0 Å². The van der Waals surface area contributed by atoms with Gasteiger partial charge in [0.25, 0.3) is 0 Å². The van der Waals surface area contributed by atoms with Crippen molar-refractivity contribution in [2.24, 2.45) is 0 Å². The number of hydrogen-bond donors (Lipinski definition) is 0. The molecule has 1 radical (unpaired) electrons. The molecule has 0 saturated carbocycles. The van der Waals surface area contributed by atoms with Crippen LogP contribution in [0.1, 0.15) is 0 Å². The smallest absolute Gasteiger partial charge is 0.201 e.